The van der Waals surface area contributed by atoms with E-state index in [0.717, 1.165) is 68.7 Å². The first-order chi connectivity index (χ1) is 13.1. The van der Waals surface area contributed by atoms with Gasteiger partial charge in [0.15, 0.2) is 5.69 Å². The maximum absolute atomic E-state index is 13.0. The number of nitrogens with two attached hydrogens (primary N) is 1. The Balaban J connectivity index is 1.37. The number of anilines is 1. The number of H-pyrrole nitrogens is 1. The first-order valence-electron chi connectivity index (χ1n) is 9.75. The third kappa shape index (κ3) is 3.80. The molecule has 8 heteroatoms. The molecule has 0 bridgehead atoms. The van der Waals surface area contributed by atoms with Crippen molar-refractivity contribution in [3.8, 4) is 0 Å². The molecule has 1 aliphatic carbocycles. The van der Waals surface area contributed by atoms with E-state index >= 15 is 0 Å². The van der Waals surface area contributed by atoms with Gasteiger partial charge in [0.2, 0.25) is 0 Å². The van der Waals surface area contributed by atoms with Crippen LogP contribution >= 0.6 is 0 Å². The van der Waals surface area contributed by atoms with Crippen LogP contribution in [-0.4, -0.2) is 62.1 Å². The van der Waals surface area contributed by atoms with Gasteiger partial charge in [0.05, 0.1) is 6.54 Å². The van der Waals surface area contributed by atoms with Crippen molar-refractivity contribution in [2.24, 2.45) is 0 Å². The highest BCUT2D eigenvalue weighted by Crippen LogP contribution is 2.25. The summed E-state index contributed by atoms with van der Waals surface area (Å²) in [5, 5.41) is 7.36. The molecule has 0 unspecified atom stereocenters. The molecule has 3 N–H and O–H groups in total. The van der Waals surface area contributed by atoms with Crippen molar-refractivity contribution >= 4 is 11.7 Å². The molecule has 1 fully saturated rings. The Morgan fingerprint density at radius 1 is 1.33 bits per heavy atom. The molecule has 1 aliphatic heterocycles. The van der Waals surface area contributed by atoms with Crippen LogP contribution in [0.4, 0.5) is 5.82 Å². The number of hydrogen-bond donors (Lipinski definition) is 2. The molecular formula is C19H27N7O. The van der Waals surface area contributed by atoms with Crippen molar-refractivity contribution in [2.75, 3.05) is 25.9 Å². The number of rotatable bonds is 4. The molecule has 0 spiro atoms. The highest BCUT2D eigenvalue weighted by Gasteiger charge is 2.29. The first-order valence-corrected chi connectivity index (χ1v) is 9.75. The zero-order valence-electron chi connectivity index (χ0n) is 15.8. The van der Waals surface area contributed by atoms with Gasteiger partial charge in [-0.1, -0.05) is 0 Å². The topological polar surface area (TPSA) is 104 Å². The van der Waals surface area contributed by atoms with Crippen LogP contribution in [0.15, 0.2) is 12.3 Å². The zero-order chi connectivity index (χ0) is 18.8. The van der Waals surface area contributed by atoms with E-state index in [1.165, 1.54) is 0 Å². The van der Waals surface area contributed by atoms with Gasteiger partial charge in [0.25, 0.3) is 5.91 Å². The minimum atomic E-state index is 0.0804. The second-order valence-corrected chi connectivity index (χ2v) is 7.57. The van der Waals surface area contributed by atoms with Gasteiger partial charge in [0, 0.05) is 36.6 Å². The standard InChI is InChI=1S/C19H27N7O/c1-25(12-17-21-9-7-16(20)22-17)13-4-3-10-26(11-8-13)19(27)18-14-5-2-6-15(14)23-24-18/h7,9,13H,2-6,8,10-12H2,1H3,(H,23,24)(H2,20,21,22)/t13-/m0/s1. The van der Waals surface area contributed by atoms with Gasteiger partial charge in [-0.15, -0.1) is 0 Å². The Bertz CT molecular complexity index is 818. The minimum Gasteiger partial charge on any atom is -0.384 e. The third-order valence-electron chi connectivity index (χ3n) is 5.73. The summed E-state index contributed by atoms with van der Waals surface area (Å²) in [6.07, 6.45) is 7.77. The molecule has 1 amide bonds. The first kappa shape index (κ1) is 17.9. The second kappa shape index (κ2) is 7.64. The lowest BCUT2D eigenvalue weighted by Gasteiger charge is -2.26. The van der Waals surface area contributed by atoms with E-state index in [0.29, 0.717) is 24.1 Å². The molecule has 1 atom stereocenters. The van der Waals surface area contributed by atoms with Crippen LogP contribution < -0.4 is 5.73 Å². The Morgan fingerprint density at radius 2 is 2.22 bits per heavy atom. The number of fused-ring (bicyclic) bond motifs is 1. The highest BCUT2D eigenvalue weighted by molar-refractivity contribution is 5.94. The van der Waals surface area contributed by atoms with E-state index in [2.05, 4.69) is 32.1 Å². The summed E-state index contributed by atoms with van der Waals surface area (Å²) in [5.74, 6) is 1.32. The lowest BCUT2D eigenvalue weighted by atomic mass is 10.1. The molecule has 0 aromatic carbocycles. The van der Waals surface area contributed by atoms with Gasteiger partial charge >= 0.3 is 0 Å². The molecular weight excluding hydrogens is 342 g/mol. The number of carbonyl (C=O) groups is 1. The SMILES string of the molecule is CN(Cc1nccc(N)n1)[C@H]1CCCN(C(=O)c2n[nH]c3c2CCC3)CC1. The summed E-state index contributed by atoms with van der Waals surface area (Å²) in [6, 6.07) is 2.10. The molecule has 4 rings (SSSR count). The number of likely N-dealkylation sites (tertiary alicyclic amines) is 1. The number of aryl methyl sites for hydroxylation is 1. The molecule has 0 saturated carbocycles. The van der Waals surface area contributed by atoms with Crippen molar-refractivity contribution in [1.29, 1.82) is 0 Å². The molecule has 0 radical (unpaired) electrons. The monoisotopic (exact) mass is 369 g/mol. The fourth-order valence-corrected chi connectivity index (χ4v) is 4.21. The van der Waals surface area contributed by atoms with Crippen LogP contribution in [-0.2, 0) is 19.4 Å². The van der Waals surface area contributed by atoms with Crippen molar-refractivity contribution < 1.29 is 4.79 Å². The van der Waals surface area contributed by atoms with Crippen LogP contribution in [0.1, 0.15) is 53.3 Å². The van der Waals surface area contributed by atoms with Gasteiger partial charge in [-0.25, -0.2) is 9.97 Å². The van der Waals surface area contributed by atoms with Gasteiger partial charge in [-0.3, -0.25) is 14.8 Å². The van der Waals surface area contributed by atoms with Gasteiger partial charge < -0.3 is 10.6 Å². The molecule has 3 heterocycles. The summed E-state index contributed by atoms with van der Waals surface area (Å²) < 4.78 is 0. The van der Waals surface area contributed by atoms with Crippen LogP contribution in [0.5, 0.6) is 0 Å². The maximum Gasteiger partial charge on any atom is 0.274 e. The Labute approximate surface area is 159 Å². The largest absolute Gasteiger partial charge is 0.384 e. The van der Waals surface area contributed by atoms with E-state index < -0.39 is 0 Å². The van der Waals surface area contributed by atoms with Crippen LogP contribution in [0, 0.1) is 0 Å². The third-order valence-corrected chi connectivity index (χ3v) is 5.73. The normalized spacial score (nSPS) is 19.9. The predicted octanol–water partition coefficient (Wildman–Crippen LogP) is 1.40. The molecule has 1 saturated heterocycles. The zero-order valence-corrected chi connectivity index (χ0v) is 15.8. The fourth-order valence-electron chi connectivity index (χ4n) is 4.21. The van der Waals surface area contributed by atoms with Crippen LogP contribution in [0.3, 0.4) is 0 Å². The average molecular weight is 369 g/mol. The summed E-state index contributed by atoms with van der Waals surface area (Å²) in [4.78, 5) is 25.8. The van der Waals surface area contributed by atoms with Crippen molar-refractivity contribution in [1.82, 2.24) is 30.0 Å². The summed E-state index contributed by atoms with van der Waals surface area (Å²) >= 11 is 0. The Kier molecular flexibility index (Phi) is 5.07. The number of nitrogen functional groups attached to an aromatic ring is 1. The average Bonchev–Trinajstić information content (AvgIpc) is 3.17. The Morgan fingerprint density at radius 3 is 3.07 bits per heavy atom. The van der Waals surface area contributed by atoms with E-state index in [1.54, 1.807) is 12.3 Å². The Hall–Kier alpha value is -2.48. The lowest BCUT2D eigenvalue weighted by Crippen LogP contribution is -2.35. The van der Waals surface area contributed by atoms with E-state index in [9.17, 15) is 4.79 Å². The smallest absolute Gasteiger partial charge is 0.274 e. The van der Waals surface area contributed by atoms with Crippen molar-refractivity contribution in [2.45, 2.75) is 51.1 Å². The summed E-state index contributed by atoms with van der Waals surface area (Å²) in [5.41, 5.74) is 8.68. The van der Waals surface area contributed by atoms with Crippen LogP contribution in [0.25, 0.3) is 0 Å². The minimum absolute atomic E-state index is 0.0804. The lowest BCUT2D eigenvalue weighted by molar-refractivity contribution is 0.0750. The number of aromatic nitrogens is 4. The number of amides is 1. The quantitative estimate of drug-likeness (QED) is 0.844. The molecule has 144 valence electrons. The summed E-state index contributed by atoms with van der Waals surface area (Å²) in [6.45, 7) is 2.21. The van der Waals surface area contributed by atoms with Crippen molar-refractivity contribution in [3.05, 3.63) is 35.0 Å². The van der Waals surface area contributed by atoms with Crippen LogP contribution in [0.2, 0.25) is 0 Å². The maximum atomic E-state index is 13.0. The number of hydrogen-bond acceptors (Lipinski definition) is 6. The number of carbonyl (C=O) groups excluding carboxylic acids is 1. The van der Waals surface area contributed by atoms with Gasteiger partial charge in [-0.05, 0) is 51.6 Å². The van der Waals surface area contributed by atoms with Gasteiger partial charge in [-0.2, -0.15) is 5.10 Å². The van der Waals surface area contributed by atoms with Gasteiger partial charge in [0.1, 0.15) is 11.6 Å². The molecule has 2 aliphatic rings. The van der Waals surface area contributed by atoms with E-state index in [4.69, 9.17) is 5.73 Å². The highest BCUT2D eigenvalue weighted by atomic mass is 16.2. The fraction of sp³-hybridized carbons (Fsp3) is 0.579. The molecule has 2 aromatic rings. The molecule has 2 aromatic heterocycles. The molecule has 8 nitrogen and oxygen atoms in total. The van der Waals surface area contributed by atoms with E-state index in [-0.39, 0.29) is 5.91 Å². The van der Waals surface area contributed by atoms with E-state index in [1.807, 2.05) is 4.90 Å². The molecule has 27 heavy (non-hydrogen) atoms. The van der Waals surface area contributed by atoms with Crippen molar-refractivity contribution in [3.63, 3.8) is 0 Å². The second-order valence-electron chi connectivity index (χ2n) is 7.57. The predicted molar refractivity (Wildman–Crippen MR) is 102 cm³/mol. The number of nitrogens with one attached hydrogen (secondary N) is 1. The number of nitrogens with zero attached hydrogens (tertiary/aromatic N) is 5. The number of aromatic amines is 1. The summed E-state index contributed by atoms with van der Waals surface area (Å²) in [7, 11) is 2.09.